The molecular formula is C22H36Cl3N3O. The molecule has 0 spiro atoms. The second-order valence-electron chi connectivity index (χ2n) is 8.38. The maximum Gasteiger partial charge on any atom is 0.220 e. The minimum atomic E-state index is 0. The summed E-state index contributed by atoms with van der Waals surface area (Å²) < 4.78 is 0. The molecular weight excluding hydrogens is 429 g/mol. The van der Waals surface area contributed by atoms with E-state index in [4.69, 9.17) is 11.6 Å². The summed E-state index contributed by atoms with van der Waals surface area (Å²) in [6.45, 7) is 8.36. The SMILES string of the molecule is CC(CC(=O)NCC1CCN(Cc2ccccc2Cl)CC1)C1CCNCC1.Cl.Cl. The van der Waals surface area contributed by atoms with E-state index in [1.807, 2.05) is 18.2 Å². The minimum Gasteiger partial charge on any atom is -0.356 e. The van der Waals surface area contributed by atoms with Crippen LogP contribution in [-0.4, -0.2) is 43.5 Å². The van der Waals surface area contributed by atoms with Crippen LogP contribution in [0.15, 0.2) is 24.3 Å². The molecule has 1 unspecified atom stereocenters. The topological polar surface area (TPSA) is 44.4 Å². The standard InChI is InChI=1S/C22H34ClN3O.2ClH/c1-17(19-6-10-24-11-7-19)14-22(27)25-15-18-8-12-26(13-9-18)16-20-4-2-3-5-21(20)23;;/h2-5,17-19,24H,6-16H2,1H3,(H,25,27);2*1H. The summed E-state index contributed by atoms with van der Waals surface area (Å²) in [5.41, 5.74) is 1.21. The van der Waals surface area contributed by atoms with E-state index in [0.29, 0.717) is 24.2 Å². The molecule has 4 nitrogen and oxygen atoms in total. The van der Waals surface area contributed by atoms with Gasteiger partial charge >= 0.3 is 0 Å². The second kappa shape index (κ2) is 13.7. The van der Waals surface area contributed by atoms with Gasteiger partial charge in [0.15, 0.2) is 0 Å². The molecule has 0 radical (unpaired) electrons. The first-order valence-electron chi connectivity index (χ1n) is 10.5. The van der Waals surface area contributed by atoms with Gasteiger partial charge in [0.25, 0.3) is 0 Å². The summed E-state index contributed by atoms with van der Waals surface area (Å²) in [5, 5.41) is 7.46. The van der Waals surface area contributed by atoms with Crippen LogP contribution >= 0.6 is 36.4 Å². The Morgan fingerprint density at radius 2 is 1.83 bits per heavy atom. The Hall–Kier alpha value is -0.520. The van der Waals surface area contributed by atoms with E-state index in [0.717, 1.165) is 57.1 Å². The number of hydrogen-bond acceptors (Lipinski definition) is 3. The van der Waals surface area contributed by atoms with Crippen molar-refractivity contribution in [1.82, 2.24) is 15.5 Å². The molecule has 166 valence electrons. The molecule has 7 heteroatoms. The zero-order chi connectivity index (χ0) is 19.1. The fourth-order valence-electron chi connectivity index (χ4n) is 4.42. The minimum absolute atomic E-state index is 0. The summed E-state index contributed by atoms with van der Waals surface area (Å²) in [4.78, 5) is 14.8. The Bertz CT molecular complexity index is 603. The van der Waals surface area contributed by atoms with Gasteiger partial charge in [0.05, 0.1) is 0 Å². The van der Waals surface area contributed by atoms with Crippen LogP contribution in [0.25, 0.3) is 0 Å². The first-order chi connectivity index (χ1) is 13.1. The van der Waals surface area contributed by atoms with E-state index < -0.39 is 0 Å². The monoisotopic (exact) mass is 463 g/mol. The van der Waals surface area contributed by atoms with Crippen molar-refractivity contribution in [1.29, 1.82) is 0 Å². The quantitative estimate of drug-likeness (QED) is 0.623. The third kappa shape index (κ3) is 8.63. The maximum absolute atomic E-state index is 12.3. The Balaban J connectivity index is 0.00000210. The molecule has 1 aromatic carbocycles. The summed E-state index contributed by atoms with van der Waals surface area (Å²) in [5.74, 6) is 2.03. The van der Waals surface area contributed by atoms with Gasteiger partial charge in [0.2, 0.25) is 5.91 Å². The lowest BCUT2D eigenvalue weighted by Crippen LogP contribution is -2.39. The zero-order valence-corrected chi connectivity index (χ0v) is 19.8. The maximum atomic E-state index is 12.3. The van der Waals surface area contributed by atoms with Crippen LogP contribution in [0, 0.1) is 17.8 Å². The molecule has 29 heavy (non-hydrogen) atoms. The highest BCUT2D eigenvalue weighted by molar-refractivity contribution is 6.31. The highest BCUT2D eigenvalue weighted by Gasteiger charge is 2.23. The Labute approximate surface area is 193 Å². The number of likely N-dealkylation sites (tertiary alicyclic amines) is 1. The fourth-order valence-corrected chi connectivity index (χ4v) is 4.61. The summed E-state index contributed by atoms with van der Waals surface area (Å²) in [6.07, 6.45) is 5.38. The van der Waals surface area contributed by atoms with Crippen molar-refractivity contribution >= 4 is 42.3 Å². The van der Waals surface area contributed by atoms with Gasteiger partial charge < -0.3 is 10.6 Å². The number of nitrogens with zero attached hydrogens (tertiary/aromatic N) is 1. The van der Waals surface area contributed by atoms with Gasteiger partial charge in [-0.1, -0.05) is 36.7 Å². The molecule has 1 amide bonds. The molecule has 0 aromatic heterocycles. The molecule has 2 aliphatic rings. The van der Waals surface area contributed by atoms with Crippen molar-refractivity contribution in [2.24, 2.45) is 17.8 Å². The van der Waals surface area contributed by atoms with Gasteiger partial charge in [-0.3, -0.25) is 9.69 Å². The number of carbonyl (C=O) groups is 1. The van der Waals surface area contributed by atoms with E-state index in [2.05, 4.69) is 28.5 Å². The molecule has 0 aliphatic carbocycles. The number of carbonyl (C=O) groups excluding carboxylic acids is 1. The highest BCUT2D eigenvalue weighted by atomic mass is 35.5. The third-order valence-electron chi connectivity index (χ3n) is 6.34. The van der Waals surface area contributed by atoms with Crippen molar-refractivity contribution in [2.75, 3.05) is 32.7 Å². The molecule has 2 saturated heterocycles. The Kier molecular flexibility index (Phi) is 12.5. The smallest absolute Gasteiger partial charge is 0.220 e. The van der Waals surface area contributed by atoms with Crippen molar-refractivity contribution in [2.45, 2.75) is 45.6 Å². The Morgan fingerprint density at radius 1 is 1.17 bits per heavy atom. The summed E-state index contributed by atoms with van der Waals surface area (Å²) in [6, 6.07) is 8.10. The molecule has 1 atom stereocenters. The van der Waals surface area contributed by atoms with Gasteiger partial charge in [0.1, 0.15) is 0 Å². The first-order valence-corrected chi connectivity index (χ1v) is 10.9. The highest BCUT2D eigenvalue weighted by Crippen LogP contribution is 2.25. The second-order valence-corrected chi connectivity index (χ2v) is 8.79. The van der Waals surface area contributed by atoms with Gasteiger partial charge in [-0.15, -0.1) is 24.8 Å². The largest absolute Gasteiger partial charge is 0.356 e. The average Bonchev–Trinajstić information content (AvgIpc) is 2.70. The predicted octanol–water partition coefficient (Wildman–Crippen LogP) is 4.54. The number of halogens is 3. The van der Waals surface area contributed by atoms with Gasteiger partial charge in [-0.05, 0) is 81.2 Å². The van der Waals surface area contributed by atoms with Crippen molar-refractivity contribution < 1.29 is 4.79 Å². The van der Waals surface area contributed by atoms with Gasteiger partial charge in [0, 0.05) is 24.5 Å². The molecule has 1 aromatic rings. The molecule has 0 bridgehead atoms. The van der Waals surface area contributed by atoms with Gasteiger partial charge in [-0.25, -0.2) is 0 Å². The number of nitrogens with one attached hydrogen (secondary N) is 2. The third-order valence-corrected chi connectivity index (χ3v) is 6.71. The number of piperidine rings is 2. The van der Waals surface area contributed by atoms with Crippen LogP contribution < -0.4 is 10.6 Å². The van der Waals surface area contributed by atoms with E-state index in [1.54, 1.807) is 0 Å². The van der Waals surface area contributed by atoms with E-state index in [1.165, 1.54) is 18.4 Å². The van der Waals surface area contributed by atoms with Crippen LogP contribution in [0.4, 0.5) is 0 Å². The van der Waals surface area contributed by atoms with Crippen LogP contribution in [0.1, 0.15) is 44.6 Å². The molecule has 0 saturated carbocycles. The normalized spacial score (nSPS) is 19.7. The van der Waals surface area contributed by atoms with Crippen molar-refractivity contribution in [3.05, 3.63) is 34.9 Å². The lowest BCUT2D eigenvalue weighted by atomic mass is 9.84. The van der Waals surface area contributed by atoms with Crippen LogP contribution in [-0.2, 0) is 11.3 Å². The number of rotatable bonds is 7. The number of amides is 1. The molecule has 2 N–H and O–H groups in total. The summed E-state index contributed by atoms with van der Waals surface area (Å²) >= 11 is 6.28. The van der Waals surface area contributed by atoms with E-state index in [9.17, 15) is 4.79 Å². The summed E-state index contributed by atoms with van der Waals surface area (Å²) in [7, 11) is 0. The average molecular weight is 465 g/mol. The number of benzene rings is 1. The van der Waals surface area contributed by atoms with Crippen molar-refractivity contribution in [3.8, 4) is 0 Å². The predicted molar refractivity (Wildman–Crippen MR) is 126 cm³/mol. The first kappa shape index (κ1) is 26.5. The lowest BCUT2D eigenvalue weighted by Gasteiger charge is -2.32. The van der Waals surface area contributed by atoms with Gasteiger partial charge in [-0.2, -0.15) is 0 Å². The van der Waals surface area contributed by atoms with Crippen LogP contribution in [0.5, 0.6) is 0 Å². The molecule has 2 fully saturated rings. The van der Waals surface area contributed by atoms with E-state index >= 15 is 0 Å². The van der Waals surface area contributed by atoms with Crippen molar-refractivity contribution in [3.63, 3.8) is 0 Å². The van der Waals surface area contributed by atoms with E-state index in [-0.39, 0.29) is 30.7 Å². The molecule has 2 heterocycles. The number of hydrogen-bond donors (Lipinski definition) is 2. The lowest BCUT2D eigenvalue weighted by molar-refractivity contribution is -0.122. The molecule has 2 aliphatic heterocycles. The molecule has 3 rings (SSSR count). The van der Waals surface area contributed by atoms with Crippen LogP contribution in [0.2, 0.25) is 5.02 Å². The fraction of sp³-hybridized carbons (Fsp3) is 0.682. The zero-order valence-electron chi connectivity index (χ0n) is 17.4. The Morgan fingerprint density at radius 3 is 2.48 bits per heavy atom. The van der Waals surface area contributed by atoms with Crippen LogP contribution in [0.3, 0.4) is 0 Å².